The number of benzene rings is 3. The Labute approximate surface area is 198 Å². The van der Waals surface area contributed by atoms with Crippen molar-refractivity contribution in [2.75, 3.05) is 13.2 Å². The lowest BCUT2D eigenvalue weighted by Crippen LogP contribution is -2.67. The van der Waals surface area contributed by atoms with Crippen LogP contribution in [0.15, 0.2) is 89.9 Å². The van der Waals surface area contributed by atoms with Gasteiger partial charge in [0, 0.05) is 24.3 Å². The number of hydrogen-bond acceptors (Lipinski definition) is 2. The van der Waals surface area contributed by atoms with E-state index >= 15 is 0 Å². The number of aliphatic imine (C=N–C) groups is 1. The van der Waals surface area contributed by atoms with Gasteiger partial charge >= 0.3 is 0 Å². The van der Waals surface area contributed by atoms with Crippen molar-refractivity contribution in [1.29, 1.82) is 0 Å². The van der Waals surface area contributed by atoms with E-state index in [1.54, 1.807) is 12.1 Å². The first kappa shape index (κ1) is 23.6. The van der Waals surface area contributed by atoms with E-state index in [9.17, 15) is 4.39 Å². The van der Waals surface area contributed by atoms with Gasteiger partial charge in [0.2, 0.25) is 0 Å². The zero-order valence-corrected chi connectivity index (χ0v) is 21.1. The molecule has 0 unspecified atom stereocenters. The summed E-state index contributed by atoms with van der Waals surface area (Å²) in [6.45, 7) is 10.4. The average molecular weight is 460 g/mol. The second-order valence-electron chi connectivity index (χ2n) is 10.4. The van der Waals surface area contributed by atoms with Crippen LogP contribution in [0.5, 0.6) is 0 Å². The minimum Gasteiger partial charge on any atom is -0.407 e. The van der Waals surface area contributed by atoms with Gasteiger partial charge in [0.25, 0.3) is 8.32 Å². The zero-order chi connectivity index (χ0) is 23.5. The monoisotopic (exact) mass is 459 g/mol. The number of rotatable bonds is 8. The molecule has 0 bridgehead atoms. The van der Waals surface area contributed by atoms with Crippen LogP contribution in [0.4, 0.5) is 4.39 Å². The quantitative estimate of drug-likeness (QED) is 0.299. The Hall–Kier alpha value is -2.56. The highest BCUT2D eigenvalue weighted by Crippen LogP contribution is 2.48. The molecule has 1 fully saturated rings. The SMILES string of the molecule is CC(=NCC1(CO[Si](c2ccccc2)(c2ccccc2)C(C)(C)C)CC1)c1ccc(F)cc1. The predicted molar refractivity (Wildman–Crippen MR) is 139 cm³/mol. The first-order valence-electron chi connectivity index (χ1n) is 11.8. The summed E-state index contributed by atoms with van der Waals surface area (Å²) in [6.07, 6.45) is 2.26. The predicted octanol–water partition coefficient (Wildman–Crippen LogP) is 5.99. The van der Waals surface area contributed by atoms with Gasteiger partial charge in [0.15, 0.2) is 0 Å². The van der Waals surface area contributed by atoms with Crippen LogP contribution in [-0.2, 0) is 4.43 Å². The maximum absolute atomic E-state index is 13.3. The van der Waals surface area contributed by atoms with Crippen LogP contribution in [0.25, 0.3) is 0 Å². The molecule has 0 atom stereocenters. The third-order valence-electron chi connectivity index (χ3n) is 6.88. The summed E-state index contributed by atoms with van der Waals surface area (Å²) in [4.78, 5) is 4.90. The van der Waals surface area contributed by atoms with Crippen molar-refractivity contribution < 1.29 is 8.82 Å². The number of hydrogen-bond donors (Lipinski definition) is 0. The Morgan fingerprint density at radius 2 is 1.39 bits per heavy atom. The third-order valence-corrected chi connectivity index (χ3v) is 11.9. The molecule has 1 aliphatic rings. The van der Waals surface area contributed by atoms with E-state index in [0.29, 0.717) is 6.61 Å². The highest BCUT2D eigenvalue weighted by atomic mass is 28.4. The van der Waals surface area contributed by atoms with E-state index in [1.807, 2.05) is 6.92 Å². The van der Waals surface area contributed by atoms with Crippen LogP contribution >= 0.6 is 0 Å². The Morgan fingerprint density at radius 3 is 1.85 bits per heavy atom. The summed E-state index contributed by atoms with van der Waals surface area (Å²) in [7, 11) is -2.54. The number of nitrogens with zero attached hydrogens (tertiary/aromatic N) is 1. The minimum absolute atomic E-state index is 0.0287. The molecular weight excluding hydrogens is 425 g/mol. The molecule has 0 N–H and O–H groups in total. The minimum atomic E-state index is -2.54. The smallest absolute Gasteiger partial charge is 0.261 e. The molecule has 0 heterocycles. The second kappa shape index (κ2) is 9.36. The fraction of sp³-hybridized carbons (Fsp3) is 0.345. The zero-order valence-electron chi connectivity index (χ0n) is 20.1. The summed E-state index contributed by atoms with van der Waals surface area (Å²) in [6, 6.07) is 28.2. The molecule has 0 radical (unpaired) electrons. The third kappa shape index (κ3) is 5.02. The van der Waals surface area contributed by atoms with Gasteiger partial charge in [-0.1, -0.05) is 93.6 Å². The first-order chi connectivity index (χ1) is 15.8. The molecule has 2 nitrogen and oxygen atoms in total. The largest absolute Gasteiger partial charge is 0.407 e. The molecule has 0 spiro atoms. The fourth-order valence-electron chi connectivity index (χ4n) is 4.62. The number of halogens is 1. The van der Waals surface area contributed by atoms with Crippen molar-refractivity contribution in [3.05, 3.63) is 96.3 Å². The van der Waals surface area contributed by atoms with E-state index < -0.39 is 8.32 Å². The molecule has 4 rings (SSSR count). The van der Waals surface area contributed by atoms with Gasteiger partial charge in [0.1, 0.15) is 5.82 Å². The molecule has 0 aromatic heterocycles. The normalized spacial score (nSPS) is 16.0. The Bertz CT molecular complexity index is 1040. The molecule has 4 heteroatoms. The Balaban J connectivity index is 1.61. The Kier molecular flexibility index (Phi) is 6.69. The van der Waals surface area contributed by atoms with Gasteiger partial charge in [-0.15, -0.1) is 0 Å². The molecule has 1 aliphatic carbocycles. The first-order valence-corrected chi connectivity index (χ1v) is 13.7. The summed E-state index contributed by atoms with van der Waals surface area (Å²) >= 11 is 0. The molecule has 0 aliphatic heterocycles. The molecule has 1 saturated carbocycles. The van der Waals surface area contributed by atoms with E-state index in [0.717, 1.165) is 30.7 Å². The lowest BCUT2D eigenvalue weighted by molar-refractivity contribution is 0.225. The average Bonchev–Trinajstić information content (AvgIpc) is 3.59. The van der Waals surface area contributed by atoms with Crippen molar-refractivity contribution in [3.63, 3.8) is 0 Å². The van der Waals surface area contributed by atoms with E-state index in [1.165, 1.54) is 22.5 Å². The van der Waals surface area contributed by atoms with Gasteiger partial charge in [-0.05, 0) is 52.9 Å². The van der Waals surface area contributed by atoms with Crippen molar-refractivity contribution >= 4 is 24.4 Å². The maximum atomic E-state index is 13.3. The van der Waals surface area contributed by atoms with Crippen molar-refractivity contribution in [1.82, 2.24) is 0 Å². The summed E-state index contributed by atoms with van der Waals surface area (Å²) < 4.78 is 20.4. The summed E-state index contributed by atoms with van der Waals surface area (Å²) in [5.74, 6) is -0.219. The van der Waals surface area contributed by atoms with Crippen molar-refractivity contribution in [3.8, 4) is 0 Å². The lowest BCUT2D eigenvalue weighted by Gasteiger charge is -2.43. The van der Waals surface area contributed by atoms with Gasteiger partial charge < -0.3 is 4.43 Å². The van der Waals surface area contributed by atoms with E-state index in [2.05, 4.69) is 81.4 Å². The van der Waals surface area contributed by atoms with Gasteiger partial charge in [-0.25, -0.2) is 4.39 Å². The van der Waals surface area contributed by atoms with Crippen LogP contribution in [-0.4, -0.2) is 27.2 Å². The van der Waals surface area contributed by atoms with Crippen molar-refractivity contribution in [2.24, 2.45) is 10.4 Å². The molecule has 3 aromatic carbocycles. The van der Waals surface area contributed by atoms with E-state index in [4.69, 9.17) is 9.42 Å². The van der Waals surface area contributed by atoms with Crippen LogP contribution < -0.4 is 10.4 Å². The molecule has 33 heavy (non-hydrogen) atoms. The standard InChI is InChI=1S/C29H34FNOSi/c1-23(24-15-17-25(30)18-16-24)31-21-29(19-20-29)22-32-33(28(2,3)4,26-11-7-5-8-12-26)27-13-9-6-10-14-27/h5-18H,19-22H2,1-4H3. The molecule has 0 saturated heterocycles. The Morgan fingerprint density at radius 1 is 0.879 bits per heavy atom. The van der Waals surface area contributed by atoms with Gasteiger partial charge in [0.05, 0.1) is 0 Å². The fourth-order valence-corrected chi connectivity index (χ4v) is 9.29. The molecule has 0 amide bonds. The van der Waals surface area contributed by atoms with Crippen molar-refractivity contribution in [2.45, 2.75) is 45.6 Å². The second-order valence-corrected chi connectivity index (χ2v) is 14.7. The topological polar surface area (TPSA) is 21.6 Å². The summed E-state index contributed by atoms with van der Waals surface area (Å²) in [5, 5.41) is 2.59. The van der Waals surface area contributed by atoms with Crippen LogP contribution in [0, 0.1) is 11.2 Å². The van der Waals surface area contributed by atoms with Crippen LogP contribution in [0.2, 0.25) is 5.04 Å². The van der Waals surface area contributed by atoms with Gasteiger partial charge in [-0.3, -0.25) is 4.99 Å². The lowest BCUT2D eigenvalue weighted by atomic mass is 10.1. The molecular formula is C29H34FNOSi. The summed E-state index contributed by atoms with van der Waals surface area (Å²) in [5.41, 5.74) is 2.01. The van der Waals surface area contributed by atoms with Crippen LogP contribution in [0.3, 0.4) is 0 Å². The maximum Gasteiger partial charge on any atom is 0.261 e. The molecule has 3 aromatic rings. The van der Waals surface area contributed by atoms with E-state index in [-0.39, 0.29) is 16.3 Å². The molecule has 172 valence electrons. The van der Waals surface area contributed by atoms with Gasteiger partial charge in [-0.2, -0.15) is 0 Å². The highest BCUT2D eigenvalue weighted by Gasteiger charge is 2.53. The highest BCUT2D eigenvalue weighted by molar-refractivity contribution is 6.99. The van der Waals surface area contributed by atoms with Crippen LogP contribution in [0.1, 0.15) is 46.1 Å².